The monoisotopic (exact) mass is 499 g/mol. The van der Waals surface area contributed by atoms with Crippen LogP contribution in [0, 0.1) is 0 Å². The number of thioether (sulfide) groups is 1. The predicted octanol–water partition coefficient (Wildman–Crippen LogP) is 5.01. The van der Waals surface area contributed by atoms with Gasteiger partial charge < -0.3 is 14.2 Å². The van der Waals surface area contributed by atoms with Gasteiger partial charge in [-0.2, -0.15) is 0 Å². The van der Waals surface area contributed by atoms with Crippen molar-refractivity contribution in [3.63, 3.8) is 0 Å². The summed E-state index contributed by atoms with van der Waals surface area (Å²) in [6.45, 7) is 9.63. The van der Waals surface area contributed by atoms with Crippen LogP contribution in [0.3, 0.4) is 0 Å². The van der Waals surface area contributed by atoms with Crippen molar-refractivity contribution in [3.8, 4) is 11.5 Å². The van der Waals surface area contributed by atoms with Gasteiger partial charge in [-0.05, 0) is 85.6 Å². The second kappa shape index (κ2) is 10.9. The summed E-state index contributed by atoms with van der Waals surface area (Å²) in [4.78, 5) is 38.2. The highest BCUT2D eigenvalue weighted by Gasteiger charge is 2.41. The highest BCUT2D eigenvalue weighted by molar-refractivity contribution is 9.10. The molecular formula is C21H26BrNO6S. The molecule has 1 aliphatic heterocycles. The molecule has 1 aromatic carbocycles. The standard InChI is InChI=1S/C21H26BrNO6S/c1-6-12(4)29-18-15(22)9-14(10-16(18)27-7-2)11-17-19(24)23(21(26)30-17)13(5)20(25)28-8-3/h9-13H,6-8H2,1-5H3/b17-11+/t12-,13-/m1/s1. The molecule has 2 rings (SSSR count). The summed E-state index contributed by atoms with van der Waals surface area (Å²) in [7, 11) is 0. The number of amides is 2. The summed E-state index contributed by atoms with van der Waals surface area (Å²) >= 11 is 4.30. The molecule has 0 aliphatic carbocycles. The highest BCUT2D eigenvalue weighted by atomic mass is 79.9. The van der Waals surface area contributed by atoms with E-state index in [9.17, 15) is 14.4 Å². The average molecular weight is 500 g/mol. The molecule has 0 N–H and O–H groups in total. The molecule has 9 heteroatoms. The third-order valence-corrected chi connectivity index (χ3v) is 5.83. The SMILES string of the molecule is CCOC(=O)[C@@H](C)N1C(=O)S/C(=C/c2cc(Br)c(O[C@H](C)CC)c(OCC)c2)C1=O. The van der Waals surface area contributed by atoms with Crippen molar-refractivity contribution in [1.82, 2.24) is 4.90 Å². The Labute approximate surface area is 189 Å². The number of nitrogens with zero attached hydrogens (tertiary/aromatic N) is 1. The number of imide groups is 1. The van der Waals surface area contributed by atoms with Gasteiger partial charge in [-0.3, -0.25) is 14.5 Å². The van der Waals surface area contributed by atoms with E-state index >= 15 is 0 Å². The molecule has 0 aromatic heterocycles. The van der Waals surface area contributed by atoms with Crippen molar-refractivity contribution in [2.24, 2.45) is 0 Å². The molecule has 0 unspecified atom stereocenters. The minimum absolute atomic E-state index is 0.00669. The van der Waals surface area contributed by atoms with Crippen molar-refractivity contribution in [2.75, 3.05) is 13.2 Å². The van der Waals surface area contributed by atoms with E-state index < -0.39 is 23.2 Å². The molecule has 30 heavy (non-hydrogen) atoms. The Kier molecular flexibility index (Phi) is 8.78. The molecule has 1 heterocycles. The number of rotatable bonds is 9. The van der Waals surface area contributed by atoms with Crippen LogP contribution in [0.4, 0.5) is 4.79 Å². The van der Waals surface area contributed by atoms with E-state index in [0.717, 1.165) is 23.1 Å². The van der Waals surface area contributed by atoms with Crippen LogP contribution in [0.1, 0.15) is 46.6 Å². The Hall–Kier alpha value is -2.00. The molecule has 0 bridgehead atoms. The molecule has 0 spiro atoms. The number of carbonyl (C=O) groups excluding carboxylic acids is 3. The number of esters is 1. The second-order valence-electron chi connectivity index (χ2n) is 6.58. The Bertz CT molecular complexity index is 856. The Balaban J connectivity index is 2.35. The average Bonchev–Trinajstić information content (AvgIpc) is 2.97. The Morgan fingerprint density at radius 2 is 1.90 bits per heavy atom. The van der Waals surface area contributed by atoms with Crippen LogP contribution >= 0.6 is 27.7 Å². The maximum absolute atomic E-state index is 12.8. The fourth-order valence-electron chi connectivity index (χ4n) is 2.67. The second-order valence-corrected chi connectivity index (χ2v) is 8.43. The van der Waals surface area contributed by atoms with Gasteiger partial charge in [-0.1, -0.05) is 6.92 Å². The van der Waals surface area contributed by atoms with E-state index in [1.807, 2.05) is 20.8 Å². The predicted molar refractivity (Wildman–Crippen MR) is 120 cm³/mol. The molecule has 7 nitrogen and oxygen atoms in total. The van der Waals surface area contributed by atoms with Gasteiger partial charge >= 0.3 is 5.97 Å². The van der Waals surface area contributed by atoms with E-state index in [1.165, 1.54) is 6.92 Å². The van der Waals surface area contributed by atoms with Crippen molar-refractivity contribution in [1.29, 1.82) is 0 Å². The first-order valence-corrected chi connectivity index (χ1v) is 11.4. The number of hydrogen-bond donors (Lipinski definition) is 0. The van der Waals surface area contributed by atoms with Crippen molar-refractivity contribution >= 4 is 50.9 Å². The van der Waals surface area contributed by atoms with Crippen molar-refractivity contribution in [2.45, 2.75) is 53.2 Å². The van der Waals surface area contributed by atoms with Crippen molar-refractivity contribution in [3.05, 3.63) is 27.1 Å². The van der Waals surface area contributed by atoms with Crippen LogP contribution in [0.2, 0.25) is 0 Å². The van der Waals surface area contributed by atoms with Crippen LogP contribution in [0.5, 0.6) is 11.5 Å². The molecular weight excluding hydrogens is 474 g/mol. The topological polar surface area (TPSA) is 82.1 Å². The molecule has 164 valence electrons. The molecule has 1 aliphatic rings. The summed E-state index contributed by atoms with van der Waals surface area (Å²) in [6, 6.07) is 2.57. The zero-order valence-corrected chi connectivity index (χ0v) is 20.1. The fourth-order valence-corrected chi connectivity index (χ4v) is 4.13. The third-order valence-electron chi connectivity index (χ3n) is 4.36. The lowest BCUT2D eigenvalue weighted by Gasteiger charge is -2.19. The zero-order valence-electron chi connectivity index (χ0n) is 17.7. The molecule has 2 amide bonds. The molecule has 1 aromatic rings. The largest absolute Gasteiger partial charge is 0.490 e. The molecule has 1 saturated heterocycles. The van der Waals surface area contributed by atoms with Crippen LogP contribution in [0.15, 0.2) is 21.5 Å². The zero-order chi connectivity index (χ0) is 22.4. The summed E-state index contributed by atoms with van der Waals surface area (Å²) in [5.41, 5.74) is 0.663. The molecule has 0 saturated carbocycles. The van der Waals surface area contributed by atoms with Crippen molar-refractivity contribution < 1.29 is 28.6 Å². The van der Waals surface area contributed by atoms with E-state index in [2.05, 4.69) is 15.9 Å². The summed E-state index contributed by atoms with van der Waals surface area (Å²) in [5, 5.41) is -0.507. The van der Waals surface area contributed by atoms with Gasteiger partial charge in [0.05, 0.1) is 28.7 Å². The number of carbonyl (C=O) groups is 3. The summed E-state index contributed by atoms with van der Waals surface area (Å²) in [5.74, 6) is -0.0153. The van der Waals surface area contributed by atoms with E-state index in [4.69, 9.17) is 14.2 Å². The van der Waals surface area contributed by atoms with Gasteiger partial charge in [0.15, 0.2) is 11.5 Å². The van der Waals surface area contributed by atoms with Crippen LogP contribution < -0.4 is 9.47 Å². The van der Waals surface area contributed by atoms with E-state index in [0.29, 0.717) is 28.1 Å². The number of benzene rings is 1. The number of hydrogen-bond acceptors (Lipinski definition) is 7. The lowest BCUT2D eigenvalue weighted by Crippen LogP contribution is -2.42. The molecule has 1 fully saturated rings. The minimum atomic E-state index is -0.986. The van der Waals surface area contributed by atoms with Gasteiger partial charge in [0, 0.05) is 0 Å². The number of halogens is 1. The van der Waals surface area contributed by atoms with Crippen LogP contribution in [-0.4, -0.2) is 47.4 Å². The normalized spacial score (nSPS) is 17.3. The van der Waals surface area contributed by atoms with Crippen LogP contribution in [0.25, 0.3) is 6.08 Å². The quantitative estimate of drug-likeness (QED) is 0.348. The van der Waals surface area contributed by atoms with E-state index in [1.54, 1.807) is 25.1 Å². The smallest absolute Gasteiger partial charge is 0.329 e. The maximum atomic E-state index is 12.8. The first kappa shape index (κ1) is 24.3. The van der Waals surface area contributed by atoms with Gasteiger partial charge in [0.2, 0.25) is 0 Å². The first-order valence-electron chi connectivity index (χ1n) is 9.80. The van der Waals surface area contributed by atoms with Gasteiger partial charge in [0.25, 0.3) is 11.1 Å². The summed E-state index contributed by atoms with van der Waals surface area (Å²) in [6.07, 6.45) is 2.45. The lowest BCUT2D eigenvalue weighted by atomic mass is 10.1. The highest BCUT2D eigenvalue weighted by Crippen LogP contribution is 2.40. The minimum Gasteiger partial charge on any atom is -0.490 e. The maximum Gasteiger partial charge on any atom is 0.329 e. The Morgan fingerprint density at radius 1 is 1.20 bits per heavy atom. The van der Waals surface area contributed by atoms with Gasteiger partial charge in [-0.25, -0.2) is 4.79 Å². The summed E-state index contributed by atoms with van der Waals surface area (Å²) < 4.78 is 17.3. The fraction of sp³-hybridized carbons (Fsp3) is 0.476. The van der Waals surface area contributed by atoms with Gasteiger partial charge in [-0.15, -0.1) is 0 Å². The number of ether oxygens (including phenoxy) is 3. The lowest BCUT2D eigenvalue weighted by molar-refractivity contribution is -0.150. The molecule has 0 radical (unpaired) electrons. The third kappa shape index (κ3) is 5.57. The Morgan fingerprint density at radius 3 is 2.50 bits per heavy atom. The van der Waals surface area contributed by atoms with E-state index in [-0.39, 0.29) is 17.6 Å². The van der Waals surface area contributed by atoms with Gasteiger partial charge in [0.1, 0.15) is 6.04 Å². The van der Waals surface area contributed by atoms with Crippen LogP contribution in [-0.2, 0) is 14.3 Å². The first-order chi connectivity index (χ1) is 14.2. The molecule has 2 atom stereocenters.